The van der Waals surface area contributed by atoms with Gasteiger partial charge in [0.1, 0.15) is 35.8 Å². The Balaban J connectivity index is 0.00000210. The molecular formula is C49H58FN9O7. The summed E-state index contributed by atoms with van der Waals surface area (Å²) in [5.74, 6) is 0.383. The molecule has 348 valence electrons. The van der Waals surface area contributed by atoms with Gasteiger partial charge in [0.2, 0.25) is 18.0 Å². The zero-order valence-electron chi connectivity index (χ0n) is 38.4. The first kappa shape index (κ1) is 46.8. The first-order valence-corrected chi connectivity index (χ1v) is 22.4. The Morgan fingerprint density at radius 1 is 0.924 bits per heavy atom. The van der Waals surface area contributed by atoms with Crippen LogP contribution in [0, 0.1) is 11.7 Å². The smallest absolute Gasteiger partial charge is 0.407 e. The number of alkyl carbamates (subject to hydrolysis) is 2. The second-order valence-corrected chi connectivity index (χ2v) is 16.7. The molecule has 3 aromatic heterocycles. The molecule has 1 saturated heterocycles. The van der Waals surface area contributed by atoms with Crippen LogP contribution in [-0.4, -0.2) is 98.2 Å². The Labute approximate surface area is 383 Å². The third-order valence-electron chi connectivity index (χ3n) is 11.5. The van der Waals surface area contributed by atoms with E-state index >= 15 is 4.39 Å². The van der Waals surface area contributed by atoms with Crippen LogP contribution in [0.4, 0.5) is 14.0 Å². The monoisotopic (exact) mass is 903 g/mol. The van der Waals surface area contributed by atoms with Gasteiger partial charge in [-0.15, -0.1) is 0 Å². The summed E-state index contributed by atoms with van der Waals surface area (Å²) in [5.41, 5.74) is 5.35. The fraction of sp³-hybridized carbons (Fsp3) is 0.388. The molecule has 16 nitrogen and oxygen atoms in total. The second-order valence-electron chi connectivity index (χ2n) is 16.7. The van der Waals surface area contributed by atoms with Crippen molar-refractivity contribution in [3.8, 4) is 39.5 Å². The molecule has 6 aromatic rings. The van der Waals surface area contributed by atoms with Crippen molar-refractivity contribution in [3.05, 3.63) is 102 Å². The van der Waals surface area contributed by atoms with Gasteiger partial charge in [-0.05, 0) is 55.5 Å². The van der Waals surface area contributed by atoms with Gasteiger partial charge < -0.3 is 49.2 Å². The number of methoxy groups -OCH3 is 2. The fourth-order valence-electron chi connectivity index (χ4n) is 8.46. The number of imidazole rings is 2. The highest BCUT2D eigenvalue weighted by Gasteiger charge is 2.35. The number of fused-ring (bicyclic) bond motifs is 5. The van der Waals surface area contributed by atoms with E-state index in [9.17, 15) is 19.2 Å². The van der Waals surface area contributed by atoms with E-state index in [1.54, 1.807) is 22.2 Å². The number of nitrogens with zero attached hydrogens (tertiary/aromatic N) is 5. The minimum atomic E-state index is -0.762. The SMILES string of the molecule is CCC.CCCN(Cc1ncc(-c2ccc3c(c2)cc2n3C(c3ccccc3)Oc3cc(-c4cnc(C5CCCN5C(=O)CNC(=O)OC)[nH]4)cc(F)c3-2)[nH]1)C(=O)C(NC(=O)OC)C(C)C. The Kier molecular flexibility index (Phi) is 14.7. The van der Waals surface area contributed by atoms with Crippen LogP contribution < -0.4 is 15.4 Å². The number of nitrogens with one attached hydrogen (secondary N) is 4. The van der Waals surface area contributed by atoms with Gasteiger partial charge in [0.15, 0.2) is 0 Å². The van der Waals surface area contributed by atoms with E-state index in [-0.39, 0.29) is 36.9 Å². The molecule has 5 heterocycles. The number of hydrogen-bond acceptors (Lipinski definition) is 9. The van der Waals surface area contributed by atoms with Crippen molar-refractivity contribution in [3.63, 3.8) is 0 Å². The van der Waals surface area contributed by atoms with Crippen LogP contribution in [0.25, 0.3) is 44.7 Å². The quantitative estimate of drug-likeness (QED) is 0.0879. The number of carbonyl (C=O) groups is 4. The number of aromatic amines is 2. The maximum atomic E-state index is 16.7. The molecule has 1 fully saturated rings. The maximum Gasteiger partial charge on any atom is 0.407 e. The lowest BCUT2D eigenvalue weighted by Gasteiger charge is -2.31. The largest absolute Gasteiger partial charge is 0.465 e. The molecular weight excluding hydrogens is 846 g/mol. The van der Waals surface area contributed by atoms with E-state index in [1.807, 2.05) is 86.0 Å². The number of halogens is 1. The molecule has 17 heteroatoms. The maximum absolute atomic E-state index is 16.7. The lowest BCUT2D eigenvalue weighted by atomic mass is 10.0. The number of likely N-dealkylation sites (tertiary alicyclic amines) is 1. The average Bonchev–Trinajstić information content (AvgIpc) is 4.16. The summed E-state index contributed by atoms with van der Waals surface area (Å²) < 4.78 is 34.8. The van der Waals surface area contributed by atoms with E-state index in [2.05, 4.69) is 49.2 Å². The number of rotatable bonds is 13. The van der Waals surface area contributed by atoms with Crippen molar-refractivity contribution in [1.29, 1.82) is 0 Å². The van der Waals surface area contributed by atoms with Gasteiger partial charge in [0, 0.05) is 35.2 Å². The Bertz CT molecular complexity index is 2680. The predicted molar refractivity (Wildman–Crippen MR) is 248 cm³/mol. The minimum Gasteiger partial charge on any atom is -0.465 e. The molecule has 0 bridgehead atoms. The molecule has 4 N–H and O–H groups in total. The van der Waals surface area contributed by atoms with Crippen molar-refractivity contribution in [1.82, 2.24) is 44.9 Å². The molecule has 0 aliphatic carbocycles. The van der Waals surface area contributed by atoms with Crippen LogP contribution in [0.2, 0.25) is 0 Å². The normalized spacial score (nSPS) is 15.5. The number of ether oxygens (including phenoxy) is 3. The van der Waals surface area contributed by atoms with E-state index in [4.69, 9.17) is 9.47 Å². The van der Waals surface area contributed by atoms with Crippen LogP contribution in [0.1, 0.15) is 89.8 Å². The summed E-state index contributed by atoms with van der Waals surface area (Å²) in [4.78, 5) is 69.6. The van der Waals surface area contributed by atoms with E-state index < -0.39 is 30.3 Å². The van der Waals surface area contributed by atoms with E-state index in [0.717, 1.165) is 34.1 Å². The fourth-order valence-corrected chi connectivity index (χ4v) is 8.46. The first-order chi connectivity index (χ1) is 31.9. The Morgan fingerprint density at radius 3 is 2.36 bits per heavy atom. The predicted octanol–water partition coefficient (Wildman–Crippen LogP) is 8.72. The van der Waals surface area contributed by atoms with Crippen molar-refractivity contribution >= 4 is 34.9 Å². The molecule has 3 atom stereocenters. The highest BCUT2D eigenvalue weighted by atomic mass is 19.1. The summed E-state index contributed by atoms with van der Waals surface area (Å²) >= 11 is 0. The first-order valence-electron chi connectivity index (χ1n) is 22.4. The molecule has 4 amide bonds. The van der Waals surface area contributed by atoms with Gasteiger partial charge in [0.25, 0.3) is 0 Å². The van der Waals surface area contributed by atoms with Crippen LogP contribution in [0.3, 0.4) is 0 Å². The lowest BCUT2D eigenvalue weighted by molar-refractivity contribution is -0.135. The zero-order valence-corrected chi connectivity index (χ0v) is 38.4. The number of benzene rings is 3. The van der Waals surface area contributed by atoms with Crippen LogP contribution in [0.15, 0.2) is 79.1 Å². The molecule has 8 rings (SSSR count). The van der Waals surface area contributed by atoms with Gasteiger partial charge in [-0.3, -0.25) is 9.59 Å². The van der Waals surface area contributed by atoms with Gasteiger partial charge >= 0.3 is 12.2 Å². The van der Waals surface area contributed by atoms with Gasteiger partial charge in [-0.1, -0.05) is 77.4 Å². The van der Waals surface area contributed by atoms with Crippen LogP contribution in [-0.2, 0) is 25.6 Å². The van der Waals surface area contributed by atoms with Crippen molar-refractivity contribution in [2.45, 2.75) is 85.2 Å². The summed E-state index contributed by atoms with van der Waals surface area (Å²) in [5, 5.41) is 5.97. The molecule has 66 heavy (non-hydrogen) atoms. The summed E-state index contributed by atoms with van der Waals surface area (Å²) in [6.45, 7) is 11.0. The van der Waals surface area contributed by atoms with Crippen molar-refractivity contribution in [2.24, 2.45) is 5.92 Å². The minimum absolute atomic E-state index is 0.166. The van der Waals surface area contributed by atoms with E-state index in [1.165, 1.54) is 26.7 Å². The lowest BCUT2D eigenvalue weighted by Crippen LogP contribution is -2.51. The summed E-state index contributed by atoms with van der Waals surface area (Å²) in [7, 11) is 2.50. The second kappa shape index (κ2) is 20.8. The van der Waals surface area contributed by atoms with Gasteiger partial charge in [-0.25, -0.2) is 23.9 Å². The average molecular weight is 904 g/mol. The number of amides is 4. The molecule has 2 aliphatic rings. The topological polar surface area (TPSA) is 189 Å². The van der Waals surface area contributed by atoms with E-state index in [0.29, 0.717) is 65.8 Å². The standard InChI is InChI=1S/C46H50FN9O7.C3H8/c1-6-16-54(43(58)41(26(2)3)53-46(60)62-5)25-38-48-22-32(51-38)28-14-15-34-30(18-28)20-36-40-31(47)19-29(21-37(40)63-44(56(34)36)27-11-8-7-9-12-27)33-23-49-42(52-33)35-13-10-17-55(35)39(57)24-50-45(59)61-4;1-3-2/h7-9,11-12,14-15,18-23,26,35,41,44H,6,10,13,16-17,24-25H2,1-5H3,(H,48,51)(H,49,52)(H,50,59)(H,53,60);3H2,1-2H3. The van der Waals surface area contributed by atoms with Crippen LogP contribution >= 0.6 is 0 Å². The van der Waals surface area contributed by atoms with Crippen molar-refractivity contribution in [2.75, 3.05) is 33.9 Å². The summed E-state index contributed by atoms with van der Waals surface area (Å²) in [6, 6.07) is 19.9. The molecule has 0 spiro atoms. The molecule has 3 aromatic carbocycles. The highest BCUT2D eigenvalue weighted by molar-refractivity contribution is 5.93. The van der Waals surface area contributed by atoms with Gasteiger partial charge in [-0.2, -0.15) is 0 Å². The number of aromatic nitrogens is 5. The molecule has 2 aliphatic heterocycles. The van der Waals surface area contributed by atoms with Crippen LogP contribution in [0.5, 0.6) is 5.75 Å². The Morgan fingerprint density at radius 2 is 1.65 bits per heavy atom. The summed E-state index contributed by atoms with van der Waals surface area (Å²) in [6.07, 6.45) is 4.79. The molecule has 0 radical (unpaired) electrons. The molecule has 3 unspecified atom stereocenters. The van der Waals surface area contributed by atoms with Crippen molar-refractivity contribution < 1.29 is 37.8 Å². The zero-order chi connectivity index (χ0) is 47.1. The molecule has 0 saturated carbocycles. The Hall–Kier alpha value is -7.17. The number of hydrogen-bond donors (Lipinski definition) is 4. The number of H-pyrrole nitrogens is 2. The third-order valence-corrected chi connectivity index (χ3v) is 11.5. The number of carbonyl (C=O) groups excluding carboxylic acids is 4. The van der Waals surface area contributed by atoms with Gasteiger partial charge in [0.05, 0.1) is 67.4 Å². The highest BCUT2D eigenvalue weighted by Crippen LogP contribution is 2.47. The third kappa shape index (κ3) is 9.89.